The quantitative estimate of drug-likeness (QED) is 0.548. The molecule has 0 bridgehead atoms. The van der Waals surface area contributed by atoms with Crippen LogP contribution in [0.2, 0.25) is 0 Å². The fourth-order valence-corrected chi connectivity index (χ4v) is 2.73. The first-order chi connectivity index (χ1) is 9.39. The molecule has 0 heterocycles. The van der Waals surface area contributed by atoms with Crippen molar-refractivity contribution in [3.63, 3.8) is 0 Å². The Morgan fingerprint density at radius 1 is 1.40 bits per heavy atom. The molecule has 1 rings (SSSR count). The Bertz CT molecular complexity index is 359. The highest BCUT2D eigenvalue weighted by atomic mass is 16.7. The average molecular weight is 282 g/mol. The Morgan fingerprint density at radius 3 is 2.70 bits per heavy atom. The van der Waals surface area contributed by atoms with Crippen molar-refractivity contribution >= 4 is 11.9 Å². The first-order valence-electron chi connectivity index (χ1n) is 7.36. The molecule has 0 N–H and O–H groups in total. The fourth-order valence-electron chi connectivity index (χ4n) is 2.73. The first-order valence-corrected chi connectivity index (χ1v) is 7.36. The van der Waals surface area contributed by atoms with Gasteiger partial charge < -0.3 is 9.47 Å². The van der Waals surface area contributed by atoms with Gasteiger partial charge in [-0.05, 0) is 38.0 Å². The van der Waals surface area contributed by atoms with E-state index in [1.165, 1.54) is 0 Å². The van der Waals surface area contributed by atoms with Crippen LogP contribution in [0, 0.1) is 11.3 Å². The van der Waals surface area contributed by atoms with Crippen molar-refractivity contribution < 1.29 is 19.1 Å². The normalized spacial score (nSPS) is 24.8. The molecule has 114 valence electrons. The third-order valence-electron chi connectivity index (χ3n) is 3.85. The lowest BCUT2D eigenvalue weighted by Gasteiger charge is -2.39. The van der Waals surface area contributed by atoms with Crippen LogP contribution in [0.4, 0.5) is 4.79 Å². The highest BCUT2D eigenvalue weighted by molar-refractivity contribution is 5.82. The topological polar surface area (TPSA) is 52.6 Å². The van der Waals surface area contributed by atoms with Crippen molar-refractivity contribution in [2.24, 2.45) is 11.3 Å². The Morgan fingerprint density at radius 2 is 2.10 bits per heavy atom. The summed E-state index contributed by atoms with van der Waals surface area (Å²) in [6.45, 7) is 9.97. The lowest BCUT2D eigenvalue weighted by atomic mass is 9.69. The third-order valence-corrected chi connectivity index (χ3v) is 3.85. The van der Waals surface area contributed by atoms with Crippen molar-refractivity contribution in [3.05, 3.63) is 12.7 Å². The lowest BCUT2D eigenvalue weighted by Crippen LogP contribution is -2.40. The van der Waals surface area contributed by atoms with E-state index in [1.54, 1.807) is 13.0 Å². The molecular formula is C16H26O4. The van der Waals surface area contributed by atoms with Crippen LogP contribution < -0.4 is 0 Å². The van der Waals surface area contributed by atoms with E-state index in [0.717, 1.165) is 19.3 Å². The molecule has 0 aromatic carbocycles. The summed E-state index contributed by atoms with van der Waals surface area (Å²) in [6, 6.07) is 0. The number of hydrogen-bond donors (Lipinski definition) is 0. The predicted octanol–water partition coefficient (Wildman–Crippen LogP) is 3.89. The number of rotatable bonds is 6. The van der Waals surface area contributed by atoms with Gasteiger partial charge in [0.25, 0.3) is 0 Å². The minimum Gasteiger partial charge on any atom is -0.435 e. The molecule has 0 saturated heterocycles. The molecular weight excluding hydrogens is 256 g/mol. The van der Waals surface area contributed by atoms with Crippen molar-refractivity contribution in [3.8, 4) is 0 Å². The maximum atomic E-state index is 12.3. The first kappa shape index (κ1) is 16.7. The van der Waals surface area contributed by atoms with Crippen molar-refractivity contribution in [2.75, 3.05) is 6.61 Å². The van der Waals surface area contributed by atoms with Crippen LogP contribution in [0.1, 0.15) is 52.9 Å². The molecule has 0 aromatic rings. The number of ether oxygens (including phenoxy) is 2. The van der Waals surface area contributed by atoms with Gasteiger partial charge >= 0.3 is 6.16 Å². The molecule has 1 aliphatic carbocycles. The van der Waals surface area contributed by atoms with Crippen molar-refractivity contribution in [2.45, 2.75) is 59.0 Å². The van der Waals surface area contributed by atoms with E-state index in [2.05, 4.69) is 20.4 Å². The molecule has 4 nitrogen and oxygen atoms in total. The second-order valence-corrected chi connectivity index (χ2v) is 6.15. The van der Waals surface area contributed by atoms with Crippen molar-refractivity contribution in [1.82, 2.24) is 0 Å². The maximum Gasteiger partial charge on any atom is 0.508 e. The molecule has 0 amide bonds. The zero-order chi connectivity index (χ0) is 15.2. The van der Waals surface area contributed by atoms with Gasteiger partial charge in [-0.3, -0.25) is 4.79 Å². The summed E-state index contributed by atoms with van der Waals surface area (Å²) >= 11 is 0. The lowest BCUT2D eigenvalue weighted by molar-refractivity contribution is -0.131. The second-order valence-electron chi connectivity index (χ2n) is 6.15. The van der Waals surface area contributed by atoms with E-state index in [4.69, 9.17) is 9.47 Å². The third kappa shape index (κ3) is 4.99. The van der Waals surface area contributed by atoms with Crippen LogP contribution in [0.5, 0.6) is 0 Å². The van der Waals surface area contributed by atoms with E-state index in [1.807, 2.05) is 0 Å². The molecule has 1 saturated carbocycles. The fraction of sp³-hybridized carbons (Fsp3) is 0.750. The highest BCUT2D eigenvalue weighted by Crippen LogP contribution is 2.41. The molecule has 0 spiro atoms. The van der Waals surface area contributed by atoms with Gasteiger partial charge in [-0.2, -0.15) is 0 Å². The van der Waals surface area contributed by atoms with E-state index in [-0.39, 0.29) is 29.8 Å². The molecule has 0 aliphatic heterocycles. The molecule has 2 atom stereocenters. The molecule has 0 aromatic heterocycles. The zero-order valence-corrected chi connectivity index (χ0v) is 12.8. The minimum absolute atomic E-state index is 0.114. The van der Waals surface area contributed by atoms with Gasteiger partial charge in [-0.25, -0.2) is 4.79 Å². The van der Waals surface area contributed by atoms with E-state index >= 15 is 0 Å². The number of hydrogen-bond acceptors (Lipinski definition) is 4. The average Bonchev–Trinajstić information content (AvgIpc) is 2.38. The summed E-state index contributed by atoms with van der Waals surface area (Å²) < 4.78 is 10.1. The van der Waals surface area contributed by atoms with Gasteiger partial charge in [0.15, 0.2) is 0 Å². The second kappa shape index (κ2) is 7.46. The number of Topliss-reactive ketones (excluding diaryl/α,β-unsaturated/α-hetero) is 1. The van der Waals surface area contributed by atoms with Crippen LogP contribution in [-0.4, -0.2) is 24.6 Å². The molecule has 0 radical (unpaired) electrons. The molecule has 20 heavy (non-hydrogen) atoms. The van der Waals surface area contributed by atoms with E-state index < -0.39 is 6.16 Å². The Balaban J connectivity index is 2.71. The molecule has 1 fully saturated rings. The standard InChI is InChI=1S/C16H26O4/c1-5-7-8-13(17)12-11-16(3,4)10-9-14(12)20-15(18)19-6-2/h5,12,14H,1,6-11H2,2-4H3. The van der Waals surface area contributed by atoms with E-state index in [9.17, 15) is 9.59 Å². The number of carbonyl (C=O) groups excluding carboxylic acids is 2. The Hall–Kier alpha value is -1.32. The smallest absolute Gasteiger partial charge is 0.435 e. The summed E-state index contributed by atoms with van der Waals surface area (Å²) in [5, 5.41) is 0. The highest BCUT2D eigenvalue weighted by Gasteiger charge is 2.40. The van der Waals surface area contributed by atoms with Gasteiger partial charge in [0.2, 0.25) is 0 Å². The van der Waals surface area contributed by atoms with Crippen LogP contribution in [-0.2, 0) is 14.3 Å². The maximum absolute atomic E-state index is 12.3. The van der Waals surface area contributed by atoms with Gasteiger partial charge in [-0.1, -0.05) is 19.9 Å². The summed E-state index contributed by atoms with van der Waals surface area (Å²) in [4.78, 5) is 23.8. The Kier molecular flexibility index (Phi) is 6.24. The van der Waals surface area contributed by atoms with Crippen molar-refractivity contribution in [1.29, 1.82) is 0 Å². The summed E-state index contributed by atoms with van der Waals surface area (Å²) in [6.07, 6.45) is 4.28. The number of allylic oxidation sites excluding steroid dienone is 1. The van der Waals surface area contributed by atoms with E-state index in [0.29, 0.717) is 12.8 Å². The van der Waals surface area contributed by atoms with Gasteiger partial charge in [0, 0.05) is 6.42 Å². The molecule has 2 unspecified atom stereocenters. The predicted molar refractivity (Wildman–Crippen MR) is 77.5 cm³/mol. The zero-order valence-electron chi connectivity index (χ0n) is 12.8. The van der Waals surface area contributed by atoms with Gasteiger partial charge in [0.05, 0.1) is 12.5 Å². The SMILES string of the molecule is C=CCCC(=O)C1CC(C)(C)CCC1OC(=O)OCC. The summed E-state index contributed by atoms with van der Waals surface area (Å²) in [5.41, 5.74) is 0.114. The van der Waals surface area contributed by atoms with Gasteiger partial charge in [-0.15, -0.1) is 6.58 Å². The van der Waals surface area contributed by atoms with Gasteiger partial charge in [0.1, 0.15) is 11.9 Å². The van der Waals surface area contributed by atoms with Crippen LogP contribution in [0.25, 0.3) is 0 Å². The monoisotopic (exact) mass is 282 g/mol. The van der Waals surface area contributed by atoms with Crippen LogP contribution in [0.15, 0.2) is 12.7 Å². The van der Waals surface area contributed by atoms with Crippen LogP contribution >= 0.6 is 0 Å². The molecule has 1 aliphatic rings. The summed E-state index contributed by atoms with van der Waals surface area (Å²) in [7, 11) is 0. The Labute approximate surface area is 121 Å². The largest absolute Gasteiger partial charge is 0.508 e. The molecule has 4 heteroatoms. The number of ketones is 1. The summed E-state index contributed by atoms with van der Waals surface area (Å²) in [5.74, 6) is -0.0601. The minimum atomic E-state index is -0.668. The van der Waals surface area contributed by atoms with Crippen LogP contribution in [0.3, 0.4) is 0 Å². The number of carbonyl (C=O) groups is 2.